The summed E-state index contributed by atoms with van der Waals surface area (Å²) in [5.74, 6) is 5.31. The Balaban J connectivity index is 2.14. The van der Waals surface area contributed by atoms with Gasteiger partial charge in [0.2, 0.25) is 0 Å². The molecule has 0 heterocycles. The second-order valence-electron chi connectivity index (χ2n) is 4.50. The van der Waals surface area contributed by atoms with Gasteiger partial charge in [-0.1, -0.05) is 36.1 Å². The normalized spacial score (nSPS) is 9.75. The molecule has 0 radical (unpaired) electrons. The molecule has 2 aromatic carbocycles. The number of benzene rings is 2. The van der Waals surface area contributed by atoms with Crippen LogP contribution in [0.25, 0.3) is 0 Å². The second-order valence-corrected chi connectivity index (χ2v) is 4.50. The molecule has 0 aliphatic carbocycles. The number of nitrogens with zero attached hydrogens (tertiary/aromatic N) is 1. The molecule has 2 N–H and O–H groups in total. The average molecular weight is 268 g/mol. The van der Waals surface area contributed by atoms with Gasteiger partial charge in [-0.2, -0.15) is 0 Å². The van der Waals surface area contributed by atoms with Crippen LogP contribution in [0, 0.1) is 17.7 Å². The van der Waals surface area contributed by atoms with Crippen molar-refractivity contribution >= 4 is 5.69 Å². The molecule has 0 unspecified atom stereocenters. The molecule has 0 fully saturated rings. The topological polar surface area (TPSA) is 29.3 Å². The average Bonchev–Trinajstić information content (AvgIpc) is 2.48. The van der Waals surface area contributed by atoms with E-state index in [1.54, 1.807) is 6.07 Å². The van der Waals surface area contributed by atoms with Gasteiger partial charge < -0.3 is 10.6 Å². The minimum atomic E-state index is -0.239. The lowest BCUT2D eigenvalue weighted by atomic mass is 10.1. The Morgan fingerprint density at radius 3 is 2.55 bits per heavy atom. The van der Waals surface area contributed by atoms with E-state index in [1.807, 2.05) is 48.3 Å². The van der Waals surface area contributed by atoms with Crippen molar-refractivity contribution in [1.29, 1.82) is 0 Å². The van der Waals surface area contributed by atoms with Gasteiger partial charge in [-0.05, 0) is 24.3 Å². The Bertz CT molecular complexity index is 626. The molecule has 2 nitrogen and oxygen atoms in total. The summed E-state index contributed by atoms with van der Waals surface area (Å²) in [5.41, 5.74) is 7.65. The third-order valence-electron chi connectivity index (χ3n) is 2.99. The zero-order valence-electron chi connectivity index (χ0n) is 11.4. The Morgan fingerprint density at radius 2 is 1.90 bits per heavy atom. The van der Waals surface area contributed by atoms with Gasteiger partial charge in [0.25, 0.3) is 0 Å². The minimum absolute atomic E-state index is 0.239. The molecule has 3 heteroatoms. The van der Waals surface area contributed by atoms with E-state index in [1.165, 1.54) is 6.07 Å². The summed E-state index contributed by atoms with van der Waals surface area (Å²) in [5, 5.41) is 0. The lowest BCUT2D eigenvalue weighted by Crippen LogP contribution is -2.17. The Labute approximate surface area is 119 Å². The van der Waals surface area contributed by atoms with E-state index in [-0.39, 0.29) is 12.4 Å². The molecule has 0 amide bonds. The number of anilines is 1. The van der Waals surface area contributed by atoms with E-state index >= 15 is 0 Å². The summed E-state index contributed by atoms with van der Waals surface area (Å²) in [6.45, 7) is 0.792. The molecule has 0 saturated carbocycles. The van der Waals surface area contributed by atoms with E-state index in [9.17, 15) is 4.39 Å². The van der Waals surface area contributed by atoms with Crippen molar-refractivity contribution in [3.05, 3.63) is 65.5 Å². The highest BCUT2D eigenvalue weighted by Crippen LogP contribution is 2.17. The molecule has 0 saturated heterocycles. The van der Waals surface area contributed by atoms with Gasteiger partial charge in [0.05, 0.1) is 6.54 Å². The lowest BCUT2D eigenvalue weighted by Gasteiger charge is -2.19. The highest BCUT2D eigenvalue weighted by Gasteiger charge is 2.06. The largest absolute Gasteiger partial charge is 0.370 e. The third-order valence-corrected chi connectivity index (χ3v) is 2.99. The molecule has 0 bridgehead atoms. The Morgan fingerprint density at radius 1 is 1.15 bits per heavy atom. The third kappa shape index (κ3) is 3.59. The number of hydrogen-bond acceptors (Lipinski definition) is 2. The van der Waals surface area contributed by atoms with E-state index in [4.69, 9.17) is 5.73 Å². The first-order valence-electron chi connectivity index (χ1n) is 6.44. The number of halogens is 1. The maximum atomic E-state index is 14.0. The number of nitrogens with two attached hydrogens (primary N) is 1. The van der Waals surface area contributed by atoms with Crippen LogP contribution in [0.4, 0.5) is 10.1 Å². The molecule has 102 valence electrons. The molecular weight excluding hydrogens is 251 g/mol. The van der Waals surface area contributed by atoms with Crippen molar-refractivity contribution in [1.82, 2.24) is 0 Å². The molecule has 0 atom stereocenters. The zero-order valence-corrected chi connectivity index (χ0v) is 11.4. The van der Waals surface area contributed by atoms with Crippen molar-refractivity contribution in [2.45, 2.75) is 6.54 Å². The van der Waals surface area contributed by atoms with Crippen molar-refractivity contribution in [3.8, 4) is 11.8 Å². The second kappa shape index (κ2) is 6.74. The standard InChI is InChI=1S/C17H17FN2/c1-20(16-7-3-2-4-8-16)13-15-10-9-14(6-5-11-19)12-17(15)18/h2-4,7-10,12H,11,13,19H2,1H3. The first-order valence-corrected chi connectivity index (χ1v) is 6.44. The van der Waals surface area contributed by atoms with E-state index in [2.05, 4.69) is 11.8 Å². The molecular formula is C17H17FN2. The van der Waals surface area contributed by atoms with Gasteiger partial charge in [0, 0.05) is 30.4 Å². The molecule has 2 rings (SSSR count). The number of hydrogen-bond donors (Lipinski definition) is 1. The predicted octanol–water partition coefficient (Wildman–Crippen LogP) is 2.77. The summed E-state index contributed by atoms with van der Waals surface area (Å²) in [6, 6.07) is 14.9. The monoisotopic (exact) mass is 268 g/mol. The van der Waals surface area contributed by atoms with Crippen LogP contribution in [-0.4, -0.2) is 13.6 Å². The first-order chi connectivity index (χ1) is 9.70. The summed E-state index contributed by atoms with van der Waals surface area (Å²) in [7, 11) is 1.94. The number of rotatable bonds is 3. The maximum Gasteiger partial charge on any atom is 0.129 e. The molecule has 0 aromatic heterocycles. The van der Waals surface area contributed by atoms with Crippen LogP contribution < -0.4 is 10.6 Å². The highest BCUT2D eigenvalue weighted by molar-refractivity contribution is 5.46. The van der Waals surface area contributed by atoms with E-state index in [0.717, 1.165) is 5.69 Å². The smallest absolute Gasteiger partial charge is 0.129 e. The van der Waals surface area contributed by atoms with Crippen molar-refractivity contribution in [2.24, 2.45) is 5.73 Å². The molecule has 20 heavy (non-hydrogen) atoms. The molecule has 0 spiro atoms. The first kappa shape index (κ1) is 14.1. The van der Waals surface area contributed by atoms with Gasteiger partial charge in [-0.3, -0.25) is 0 Å². The fraction of sp³-hybridized carbons (Fsp3) is 0.176. The van der Waals surface area contributed by atoms with E-state index < -0.39 is 0 Å². The van der Waals surface area contributed by atoms with Gasteiger partial charge in [0.15, 0.2) is 0 Å². The van der Waals surface area contributed by atoms with Crippen LogP contribution in [0.2, 0.25) is 0 Å². The molecule has 0 aliphatic rings. The Kier molecular flexibility index (Phi) is 4.75. The highest BCUT2D eigenvalue weighted by atomic mass is 19.1. The van der Waals surface area contributed by atoms with Crippen molar-refractivity contribution < 1.29 is 4.39 Å². The van der Waals surface area contributed by atoms with Crippen LogP contribution in [0.3, 0.4) is 0 Å². The van der Waals surface area contributed by atoms with Crippen LogP contribution in [0.15, 0.2) is 48.5 Å². The van der Waals surface area contributed by atoms with Crippen LogP contribution in [0.1, 0.15) is 11.1 Å². The zero-order chi connectivity index (χ0) is 14.4. The summed E-state index contributed by atoms with van der Waals surface area (Å²) in [4.78, 5) is 2.00. The SMILES string of the molecule is CN(Cc1ccc(C#CCN)cc1F)c1ccccc1. The van der Waals surface area contributed by atoms with Gasteiger partial charge in [0.1, 0.15) is 5.82 Å². The fourth-order valence-electron chi connectivity index (χ4n) is 1.94. The van der Waals surface area contributed by atoms with Crippen molar-refractivity contribution in [2.75, 3.05) is 18.5 Å². The maximum absolute atomic E-state index is 14.0. The Hall–Kier alpha value is -2.31. The van der Waals surface area contributed by atoms with Gasteiger partial charge >= 0.3 is 0 Å². The van der Waals surface area contributed by atoms with Crippen LogP contribution in [-0.2, 0) is 6.54 Å². The van der Waals surface area contributed by atoms with Crippen LogP contribution >= 0.6 is 0 Å². The van der Waals surface area contributed by atoms with Gasteiger partial charge in [-0.15, -0.1) is 0 Å². The van der Waals surface area contributed by atoms with Crippen LogP contribution in [0.5, 0.6) is 0 Å². The van der Waals surface area contributed by atoms with Crippen molar-refractivity contribution in [3.63, 3.8) is 0 Å². The predicted molar refractivity (Wildman–Crippen MR) is 80.9 cm³/mol. The molecule has 0 aliphatic heterocycles. The summed E-state index contributed by atoms with van der Waals surface area (Å²) < 4.78 is 14.0. The van der Waals surface area contributed by atoms with E-state index in [0.29, 0.717) is 17.7 Å². The lowest BCUT2D eigenvalue weighted by molar-refractivity contribution is 0.607. The quantitative estimate of drug-likeness (QED) is 0.867. The fourth-order valence-corrected chi connectivity index (χ4v) is 1.94. The van der Waals surface area contributed by atoms with Gasteiger partial charge in [-0.25, -0.2) is 4.39 Å². The minimum Gasteiger partial charge on any atom is -0.370 e. The molecule has 2 aromatic rings. The summed E-state index contributed by atoms with van der Waals surface area (Å²) >= 11 is 0. The number of para-hydroxylation sites is 1. The summed E-state index contributed by atoms with van der Waals surface area (Å²) in [6.07, 6.45) is 0.